The Morgan fingerprint density at radius 2 is 1.84 bits per heavy atom. The fraction of sp³-hybridized carbons (Fsp3) is 0.643. The maximum Gasteiger partial charge on any atom is 0.289 e. The highest BCUT2D eigenvalue weighted by Crippen LogP contribution is 2.23. The Kier molecular flexibility index (Phi) is 3.80. The summed E-state index contributed by atoms with van der Waals surface area (Å²) in [6.07, 6.45) is 4.79. The van der Waals surface area contributed by atoms with Crippen LogP contribution in [-0.4, -0.2) is 47.9 Å². The van der Waals surface area contributed by atoms with Gasteiger partial charge in [-0.15, -0.1) is 0 Å². The number of carbonyl (C=O) groups excluding carboxylic acids is 1. The van der Waals surface area contributed by atoms with E-state index in [4.69, 9.17) is 16.0 Å². The Morgan fingerprint density at radius 1 is 1.16 bits per heavy atom. The zero-order chi connectivity index (χ0) is 13.2. The molecule has 1 amide bonds. The highest BCUT2D eigenvalue weighted by Gasteiger charge is 2.29. The largest absolute Gasteiger partial charge is 0.440 e. The molecular formula is C14H19ClN2O2. The lowest BCUT2D eigenvalue weighted by Crippen LogP contribution is -2.45. The number of nitrogens with zero attached hydrogens (tertiary/aromatic N) is 2. The van der Waals surface area contributed by atoms with Gasteiger partial charge in [-0.3, -0.25) is 4.79 Å². The van der Waals surface area contributed by atoms with Crippen molar-refractivity contribution in [3.8, 4) is 0 Å². The topological polar surface area (TPSA) is 36.7 Å². The van der Waals surface area contributed by atoms with Gasteiger partial charge >= 0.3 is 0 Å². The first-order chi connectivity index (χ1) is 9.24. The van der Waals surface area contributed by atoms with Gasteiger partial charge in [-0.25, -0.2) is 0 Å². The number of likely N-dealkylation sites (tertiary alicyclic amines) is 2. The van der Waals surface area contributed by atoms with Gasteiger partial charge in [-0.1, -0.05) is 0 Å². The average Bonchev–Trinajstić information content (AvgIpc) is 3.09. The van der Waals surface area contributed by atoms with E-state index in [0.29, 0.717) is 11.8 Å². The SMILES string of the molecule is O=C(c1ccc(Cl)o1)N1CCC(N2CCCC2)CC1. The van der Waals surface area contributed by atoms with Crippen molar-refractivity contribution in [3.05, 3.63) is 23.1 Å². The van der Waals surface area contributed by atoms with Gasteiger partial charge in [0.05, 0.1) is 0 Å². The molecule has 3 heterocycles. The summed E-state index contributed by atoms with van der Waals surface area (Å²) in [5.74, 6) is 0.316. The van der Waals surface area contributed by atoms with Crippen LogP contribution < -0.4 is 0 Å². The summed E-state index contributed by atoms with van der Waals surface area (Å²) in [4.78, 5) is 16.7. The second-order valence-corrected chi connectivity index (χ2v) is 5.74. The summed E-state index contributed by atoms with van der Waals surface area (Å²) < 4.78 is 5.19. The molecule has 0 aliphatic carbocycles. The lowest BCUT2D eigenvalue weighted by Gasteiger charge is -2.36. The molecule has 1 aromatic rings. The molecule has 0 saturated carbocycles. The van der Waals surface area contributed by atoms with Crippen molar-refractivity contribution >= 4 is 17.5 Å². The molecule has 2 fully saturated rings. The minimum absolute atomic E-state index is 0.0354. The Bertz CT molecular complexity index is 446. The second kappa shape index (κ2) is 5.55. The monoisotopic (exact) mass is 282 g/mol. The third-order valence-corrected chi connectivity index (χ3v) is 4.40. The number of furan rings is 1. The molecule has 0 N–H and O–H groups in total. The average molecular weight is 283 g/mol. The Morgan fingerprint density at radius 3 is 2.42 bits per heavy atom. The van der Waals surface area contributed by atoms with Crippen LogP contribution >= 0.6 is 11.6 Å². The van der Waals surface area contributed by atoms with Crippen molar-refractivity contribution in [2.75, 3.05) is 26.2 Å². The Hall–Kier alpha value is -1.00. The van der Waals surface area contributed by atoms with Crippen LogP contribution in [0.25, 0.3) is 0 Å². The molecule has 2 aliphatic rings. The van der Waals surface area contributed by atoms with Gasteiger partial charge in [0, 0.05) is 19.1 Å². The maximum absolute atomic E-state index is 12.2. The number of hydrogen-bond acceptors (Lipinski definition) is 3. The van der Waals surface area contributed by atoms with Gasteiger partial charge in [0.25, 0.3) is 5.91 Å². The van der Waals surface area contributed by atoms with E-state index in [-0.39, 0.29) is 11.1 Å². The van der Waals surface area contributed by atoms with E-state index in [1.807, 2.05) is 4.90 Å². The summed E-state index contributed by atoms with van der Waals surface area (Å²) in [7, 11) is 0. The number of rotatable bonds is 2. The van der Waals surface area contributed by atoms with Gasteiger partial charge < -0.3 is 14.2 Å². The van der Waals surface area contributed by atoms with E-state index in [9.17, 15) is 4.79 Å². The summed E-state index contributed by atoms with van der Waals surface area (Å²) in [5.41, 5.74) is 0. The summed E-state index contributed by atoms with van der Waals surface area (Å²) in [5, 5.41) is 0.273. The predicted molar refractivity (Wildman–Crippen MR) is 73.5 cm³/mol. The van der Waals surface area contributed by atoms with E-state index >= 15 is 0 Å². The highest BCUT2D eigenvalue weighted by molar-refractivity contribution is 6.29. The summed E-state index contributed by atoms with van der Waals surface area (Å²) in [6, 6.07) is 3.93. The molecule has 2 saturated heterocycles. The van der Waals surface area contributed by atoms with Crippen LogP contribution in [0.2, 0.25) is 5.22 Å². The molecule has 5 heteroatoms. The fourth-order valence-electron chi connectivity index (χ4n) is 3.13. The molecule has 0 aromatic carbocycles. The molecule has 1 aromatic heterocycles. The molecule has 0 spiro atoms. The van der Waals surface area contributed by atoms with Gasteiger partial charge in [-0.2, -0.15) is 0 Å². The molecule has 4 nitrogen and oxygen atoms in total. The van der Waals surface area contributed by atoms with Crippen LogP contribution in [0.1, 0.15) is 36.2 Å². The van der Waals surface area contributed by atoms with Crippen molar-refractivity contribution in [1.82, 2.24) is 9.80 Å². The van der Waals surface area contributed by atoms with Crippen molar-refractivity contribution in [3.63, 3.8) is 0 Å². The zero-order valence-electron chi connectivity index (χ0n) is 11.0. The third-order valence-electron chi connectivity index (χ3n) is 4.19. The van der Waals surface area contributed by atoms with Crippen LogP contribution in [0.4, 0.5) is 0 Å². The number of carbonyl (C=O) groups is 1. The number of halogens is 1. The first-order valence-corrected chi connectivity index (χ1v) is 7.40. The molecule has 104 valence electrons. The van der Waals surface area contributed by atoms with E-state index in [1.54, 1.807) is 12.1 Å². The van der Waals surface area contributed by atoms with Crippen molar-refractivity contribution in [2.45, 2.75) is 31.7 Å². The first-order valence-electron chi connectivity index (χ1n) is 7.03. The zero-order valence-corrected chi connectivity index (χ0v) is 11.7. The van der Waals surface area contributed by atoms with Crippen molar-refractivity contribution in [1.29, 1.82) is 0 Å². The first kappa shape index (κ1) is 13.0. The Labute approximate surface area is 118 Å². The highest BCUT2D eigenvalue weighted by atomic mass is 35.5. The van der Waals surface area contributed by atoms with E-state index in [1.165, 1.54) is 25.9 Å². The van der Waals surface area contributed by atoms with Gasteiger partial charge in [0.15, 0.2) is 11.0 Å². The van der Waals surface area contributed by atoms with Crippen molar-refractivity contribution < 1.29 is 9.21 Å². The molecule has 0 radical (unpaired) electrons. The molecule has 3 rings (SSSR count). The van der Waals surface area contributed by atoms with Gasteiger partial charge in [-0.05, 0) is 62.5 Å². The minimum Gasteiger partial charge on any atom is -0.440 e. The predicted octanol–water partition coefficient (Wildman–Crippen LogP) is 2.63. The standard InChI is InChI=1S/C14H19ClN2O2/c15-13-4-3-12(19-13)14(18)17-9-5-11(6-10-17)16-7-1-2-8-16/h3-4,11H,1-2,5-10H2. The number of amides is 1. The van der Waals surface area contributed by atoms with Crippen LogP contribution in [0.5, 0.6) is 0 Å². The van der Waals surface area contributed by atoms with Gasteiger partial charge in [0.2, 0.25) is 0 Å². The smallest absolute Gasteiger partial charge is 0.289 e. The van der Waals surface area contributed by atoms with E-state index < -0.39 is 0 Å². The molecule has 0 bridgehead atoms. The van der Waals surface area contributed by atoms with E-state index in [0.717, 1.165) is 25.9 Å². The normalized spacial score (nSPS) is 22.1. The molecule has 0 unspecified atom stereocenters. The second-order valence-electron chi connectivity index (χ2n) is 5.37. The molecule has 19 heavy (non-hydrogen) atoms. The van der Waals surface area contributed by atoms with Crippen LogP contribution in [0.3, 0.4) is 0 Å². The van der Waals surface area contributed by atoms with Crippen molar-refractivity contribution in [2.24, 2.45) is 0 Å². The molecule has 2 aliphatic heterocycles. The van der Waals surface area contributed by atoms with Crippen LogP contribution in [-0.2, 0) is 0 Å². The fourth-order valence-corrected chi connectivity index (χ4v) is 3.27. The lowest BCUT2D eigenvalue weighted by molar-refractivity contribution is 0.0614. The van der Waals surface area contributed by atoms with E-state index in [2.05, 4.69) is 4.90 Å². The van der Waals surface area contributed by atoms with Gasteiger partial charge in [0.1, 0.15) is 0 Å². The minimum atomic E-state index is -0.0354. The van der Waals surface area contributed by atoms with Crippen LogP contribution in [0.15, 0.2) is 16.5 Å². The quantitative estimate of drug-likeness (QED) is 0.837. The maximum atomic E-state index is 12.2. The van der Waals surface area contributed by atoms with Crippen LogP contribution in [0, 0.1) is 0 Å². The summed E-state index contributed by atoms with van der Waals surface area (Å²) >= 11 is 5.71. The molecule has 0 atom stereocenters. The Balaban J connectivity index is 1.56. The third kappa shape index (κ3) is 2.79. The number of piperidine rings is 1. The number of hydrogen-bond donors (Lipinski definition) is 0. The molecular weight excluding hydrogens is 264 g/mol. The summed E-state index contributed by atoms with van der Waals surface area (Å²) in [6.45, 7) is 4.09. The lowest BCUT2D eigenvalue weighted by atomic mass is 10.0.